The van der Waals surface area contributed by atoms with E-state index in [1.54, 1.807) is 0 Å². The van der Waals surface area contributed by atoms with Gasteiger partial charge in [0.25, 0.3) is 5.91 Å². The predicted molar refractivity (Wildman–Crippen MR) is 67.8 cm³/mol. The predicted octanol–water partition coefficient (Wildman–Crippen LogP) is 1.46. The molecule has 2 atom stereocenters. The summed E-state index contributed by atoms with van der Waals surface area (Å²) >= 11 is 0. The van der Waals surface area contributed by atoms with Gasteiger partial charge in [-0.25, -0.2) is 9.97 Å². The molecule has 96 valence electrons. The molecule has 1 amide bonds. The Morgan fingerprint density at radius 3 is 2.83 bits per heavy atom. The number of carbonyl (C=O) groups is 1. The van der Waals surface area contributed by atoms with Crippen molar-refractivity contribution in [3.63, 3.8) is 0 Å². The Balaban J connectivity index is 1.81. The molecule has 2 fully saturated rings. The summed E-state index contributed by atoms with van der Waals surface area (Å²) in [6, 6.07) is 0.422. The van der Waals surface area contributed by atoms with Gasteiger partial charge in [-0.3, -0.25) is 4.79 Å². The van der Waals surface area contributed by atoms with Crippen molar-refractivity contribution >= 4 is 11.7 Å². The summed E-state index contributed by atoms with van der Waals surface area (Å²) in [5.41, 5.74) is 5.91. The number of fused-ring (bicyclic) bond motifs is 1. The molecule has 1 aromatic rings. The van der Waals surface area contributed by atoms with Crippen molar-refractivity contribution in [3.8, 4) is 0 Å². The van der Waals surface area contributed by atoms with E-state index in [2.05, 4.69) is 9.97 Å². The molecular weight excluding hydrogens is 228 g/mol. The van der Waals surface area contributed by atoms with E-state index in [4.69, 9.17) is 5.73 Å². The fourth-order valence-electron chi connectivity index (χ4n) is 3.30. The highest BCUT2D eigenvalue weighted by Gasteiger charge is 2.37. The smallest absolute Gasteiger partial charge is 0.274 e. The molecule has 0 bridgehead atoms. The molecule has 18 heavy (non-hydrogen) atoms. The van der Waals surface area contributed by atoms with E-state index in [1.807, 2.05) is 4.90 Å². The number of piperidine rings is 1. The lowest BCUT2D eigenvalue weighted by Gasteiger charge is -2.37. The molecule has 1 aliphatic carbocycles. The number of anilines is 1. The first-order chi connectivity index (χ1) is 8.75. The molecule has 2 aliphatic rings. The van der Waals surface area contributed by atoms with Crippen molar-refractivity contribution in [3.05, 3.63) is 18.1 Å². The van der Waals surface area contributed by atoms with Crippen LogP contribution in [0.3, 0.4) is 0 Å². The lowest BCUT2D eigenvalue weighted by Crippen LogP contribution is -2.46. The minimum Gasteiger partial charge on any atom is -0.382 e. The highest BCUT2D eigenvalue weighted by molar-refractivity contribution is 5.92. The van der Waals surface area contributed by atoms with Crippen LogP contribution in [0.2, 0.25) is 0 Å². The summed E-state index contributed by atoms with van der Waals surface area (Å²) in [4.78, 5) is 22.5. The van der Waals surface area contributed by atoms with Crippen LogP contribution < -0.4 is 5.73 Å². The summed E-state index contributed by atoms with van der Waals surface area (Å²) in [5.74, 6) is 1.06. The summed E-state index contributed by atoms with van der Waals surface area (Å²) in [6.07, 6.45) is 8.95. The highest BCUT2D eigenvalue weighted by atomic mass is 16.2. The molecule has 1 saturated heterocycles. The Kier molecular flexibility index (Phi) is 2.89. The number of rotatable bonds is 1. The van der Waals surface area contributed by atoms with Crippen LogP contribution in [0.25, 0.3) is 0 Å². The molecule has 5 heteroatoms. The second-order valence-corrected chi connectivity index (χ2v) is 5.23. The molecule has 1 saturated carbocycles. The van der Waals surface area contributed by atoms with E-state index in [0.717, 1.165) is 19.4 Å². The number of nitrogens with two attached hydrogens (primary N) is 1. The first-order valence-electron chi connectivity index (χ1n) is 6.64. The SMILES string of the molecule is Nc1cnc(C(=O)N2CCCC3CCCC32)cn1. The van der Waals surface area contributed by atoms with Gasteiger partial charge in [-0.1, -0.05) is 6.42 Å². The molecule has 0 spiro atoms. The molecule has 5 nitrogen and oxygen atoms in total. The Morgan fingerprint density at radius 1 is 1.22 bits per heavy atom. The number of hydrogen-bond donors (Lipinski definition) is 1. The average Bonchev–Trinajstić information content (AvgIpc) is 2.87. The van der Waals surface area contributed by atoms with E-state index in [9.17, 15) is 4.79 Å². The lowest BCUT2D eigenvalue weighted by atomic mass is 9.92. The number of aromatic nitrogens is 2. The topological polar surface area (TPSA) is 72.1 Å². The molecule has 2 unspecified atom stereocenters. The zero-order valence-corrected chi connectivity index (χ0v) is 10.4. The third kappa shape index (κ3) is 1.94. The Morgan fingerprint density at radius 2 is 2.06 bits per heavy atom. The summed E-state index contributed by atoms with van der Waals surface area (Å²) < 4.78 is 0. The Labute approximate surface area is 106 Å². The second kappa shape index (κ2) is 4.55. The minimum absolute atomic E-state index is 0.0131. The second-order valence-electron chi connectivity index (χ2n) is 5.23. The van der Waals surface area contributed by atoms with Crippen LogP contribution in [0.15, 0.2) is 12.4 Å². The van der Waals surface area contributed by atoms with Gasteiger partial charge in [-0.15, -0.1) is 0 Å². The largest absolute Gasteiger partial charge is 0.382 e. The van der Waals surface area contributed by atoms with E-state index >= 15 is 0 Å². The van der Waals surface area contributed by atoms with E-state index in [1.165, 1.54) is 31.7 Å². The lowest BCUT2D eigenvalue weighted by molar-refractivity contribution is 0.0542. The minimum atomic E-state index is 0.0131. The molecule has 3 rings (SSSR count). The van der Waals surface area contributed by atoms with Crippen molar-refractivity contribution < 1.29 is 4.79 Å². The number of nitrogen functional groups attached to an aromatic ring is 1. The number of amides is 1. The summed E-state index contributed by atoms with van der Waals surface area (Å²) in [5, 5.41) is 0. The van der Waals surface area contributed by atoms with Gasteiger partial charge in [0.1, 0.15) is 11.5 Å². The van der Waals surface area contributed by atoms with Crippen molar-refractivity contribution in [2.24, 2.45) is 5.92 Å². The quantitative estimate of drug-likeness (QED) is 0.814. The Bertz CT molecular complexity index is 445. The zero-order chi connectivity index (χ0) is 12.5. The third-order valence-corrected chi connectivity index (χ3v) is 4.15. The molecule has 2 N–H and O–H groups in total. The molecule has 0 radical (unpaired) electrons. The van der Waals surface area contributed by atoms with Gasteiger partial charge in [0.2, 0.25) is 0 Å². The maximum absolute atomic E-state index is 12.4. The maximum Gasteiger partial charge on any atom is 0.274 e. The summed E-state index contributed by atoms with van der Waals surface area (Å²) in [6.45, 7) is 0.853. The highest BCUT2D eigenvalue weighted by Crippen LogP contribution is 2.37. The monoisotopic (exact) mass is 246 g/mol. The zero-order valence-electron chi connectivity index (χ0n) is 10.4. The fourth-order valence-corrected chi connectivity index (χ4v) is 3.30. The maximum atomic E-state index is 12.4. The first kappa shape index (κ1) is 11.4. The van der Waals surface area contributed by atoms with Crippen LogP contribution >= 0.6 is 0 Å². The van der Waals surface area contributed by atoms with Gasteiger partial charge in [0.05, 0.1) is 12.4 Å². The van der Waals surface area contributed by atoms with E-state index < -0.39 is 0 Å². The molecular formula is C13H18N4O. The van der Waals surface area contributed by atoms with Gasteiger partial charge in [-0.05, 0) is 31.6 Å². The first-order valence-corrected chi connectivity index (χ1v) is 6.64. The summed E-state index contributed by atoms with van der Waals surface area (Å²) in [7, 11) is 0. The number of nitrogens with zero attached hydrogens (tertiary/aromatic N) is 3. The van der Waals surface area contributed by atoms with Crippen LogP contribution in [-0.4, -0.2) is 33.4 Å². The van der Waals surface area contributed by atoms with Gasteiger partial charge in [-0.2, -0.15) is 0 Å². The van der Waals surface area contributed by atoms with E-state index in [-0.39, 0.29) is 5.91 Å². The van der Waals surface area contributed by atoms with Crippen LogP contribution in [-0.2, 0) is 0 Å². The standard InChI is InChI=1S/C13H18N4O/c14-12-8-15-10(7-16-12)13(18)17-6-2-4-9-3-1-5-11(9)17/h7-9,11H,1-6H2,(H2,14,16). The van der Waals surface area contributed by atoms with E-state index in [0.29, 0.717) is 23.5 Å². The molecule has 0 aromatic carbocycles. The number of hydrogen-bond acceptors (Lipinski definition) is 4. The van der Waals surface area contributed by atoms with Gasteiger partial charge < -0.3 is 10.6 Å². The van der Waals surface area contributed by atoms with Crippen LogP contribution in [0.5, 0.6) is 0 Å². The van der Waals surface area contributed by atoms with Crippen molar-refractivity contribution in [2.75, 3.05) is 12.3 Å². The molecule has 1 aliphatic heterocycles. The van der Waals surface area contributed by atoms with Crippen molar-refractivity contribution in [1.29, 1.82) is 0 Å². The average molecular weight is 246 g/mol. The van der Waals surface area contributed by atoms with Crippen molar-refractivity contribution in [1.82, 2.24) is 14.9 Å². The van der Waals surface area contributed by atoms with Gasteiger partial charge in [0, 0.05) is 12.6 Å². The van der Waals surface area contributed by atoms with Crippen molar-refractivity contribution in [2.45, 2.75) is 38.1 Å². The molecule has 2 heterocycles. The van der Waals surface area contributed by atoms with Crippen LogP contribution in [0.4, 0.5) is 5.82 Å². The fraction of sp³-hybridized carbons (Fsp3) is 0.615. The van der Waals surface area contributed by atoms with Crippen LogP contribution in [0, 0.1) is 5.92 Å². The Hall–Kier alpha value is -1.65. The number of carbonyl (C=O) groups excluding carboxylic acids is 1. The number of likely N-dealkylation sites (tertiary alicyclic amines) is 1. The van der Waals surface area contributed by atoms with Gasteiger partial charge in [0.15, 0.2) is 0 Å². The third-order valence-electron chi connectivity index (χ3n) is 4.15. The van der Waals surface area contributed by atoms with Crippen LogP contribution in [0.1, 0.15) is 42.6 Å². The molecule has 1 aromatic heterocycles. The van der Waals surface area contributed by atoms with Gasteiger partial charge >= 0.3 is 0 Å². The normalized spacial score (nSPS) is 27.0.